The van der Waals surface area contributed by atoms with Gasteiger partial charge in [0, 0.05) is 38.1 Å². The summed E-state index contributed by atoms with van der Waals surface area (Å²) in [5.74, 6) is 1.30. The normalized spacial score (nSPS) is 23.2. The van der Waals surface area contributed by atoms with E-state index in [1.165, 1.54) is 73.5 Å². The maximum Gasteiger partial charge on any atom is 0.126 e. The molecule has 1 aromatic heterocycles. The second kappa shape index (κ2) is 7.88. The summed E-state index contributed by atoms with van der Waals surface area (Å²) in [5.41, 5.74) is 5.58. The summed E-state index contributed by atoms with van der Waals surface area (Å²) in [6.45, 7) is 5.86. The lowest BCUT2D eigenvalue weighted by molar-refractivity contribution is 0.122. The third kappa shape index (κ3) is 3.46. The largest absolute Gasteiger partial charge is 0.378 e. The third-order valence-electron chi connectivity index (χ3n) is 6.77. The molecule has 5 rings (SSSR count). The van der Waals surface area contributed by atoms with Gasteiger partial charge in [-0.25, -0.2) is 4.98 Å². The second-order valence-electron chi connectivity index (χ2n) is 8.52. The van der Waals surface area contributed by atoms with Crippen molar-refractivity contribution in [3.05, 3.63) is 47.0 Å². The zero-order valence-corrected chi connectivity index (χ0v) is 17.1. The third-order valence-corrected chi connectivity index (χ3v) is 6.77. The predicted molar refractivity (Wildman–Crippen MR) is 112 cm³/mol. The number of anilines is 1. The van der Waals surface area contributed by atoms with Crippen LogP contribution in [0.15, 0.2) is 24.3 Å². The van der Waals surface area contributed by atoms with E-state index in [1.54, 1.807) is 0 Å². The summed E-state index contributed by atoms with van der Waals surface area (Å²) in [7, 11) is 2.24. The van der Waals surface area contributed by atoms with Gasteiger partial charge in [0.05, 0.1) is 24.9 Å². The zero-order chi connectivity index (χ0) is 18.9. The lowest BCUT2D eigenvalue weighted by Crippen LogP contribution is -2.36. The number of likely N-dealkylation sites (tertiary alicyclic amines) is 1. The molecule has 0 bridgehead atoms. The molecule has 1 atom stereocenters. The summed E-state index contributed by atoms with van der Waals surface area (Å²) < 4.78 is 7.89. The molecule has 28 heavy (non-hydrogen) atoms. The van der Waals surface area contributed by atoms with Crippen molar-refractivity contribution in [3.8, 4) is 0 Å². The van der Waals surface area contributed by atoms with Gasteiger partial charge in [-0.15, -0.1) is 0 Å². The van der Waals surface area contributed by atoms with Crippen LogP contribution >= 0.6 is 0 Å². The molecule has 150 valence electrons. The van der Waals surface area contributed by atoms with E-state index in [0.717, 1.165) is 32.8 Å². The van der Waals surface area contributed by atoms with Crippen LogP contribution in [0.1, 0.15) is 54.5 Å². The molecule has 5 heteroatoms. The predicted octanol–water partition coefficient (Wildman–Crippen LogP) is 3.47. The first kappa shape index (κ1) is 18.2. The van der Waals surface area contributed by atoms with Crippen LogP contribution in [-0.4, -0.2) is 47.3 Å². The summed E-state index contributed by atoms with van der Waals surface area (Å²) in [6, 6.07) is 9.65. The summed E-state index contributed by atoms with van der Waals surface area (Å²) in [4.78, 5) is 10.2. The van der Waals surface area contributed by atoms with E-state index in [9.17, 15) is 0 Å². The fourth-order valence-electron chi connectivity index (χ4n) is 5.18. The molecule has 2 aliphatic heterocycles. The van der Waals surface area contributed by atoms with Crippen molar-refractivity contribution >= 4 is 5.69 Å². The fourth-order valence-corrected chi connectivity index (χ4v) is 5.18. The van der Waals surface area contributed by atoms with E-state index in [0.29, 0.717) is 6.04 Å². The van der Waals surface area contributed by atoms with Crippen LogP contribution in [0.4, 0.5) is 5.69 Å². The van der Waals surface area contributed by atoms with Crippen LogP contribution < -0.4 is 4.90 Å². The van der Waals surface area contributed by atoms with Crippen LogP contribution in [-0.2, 0) is 31.2 Å². The Bertz CT molecular complexity index is 807. The molecule has 0 amide bonds. The van der Waals surface area contributed by atoms with Crippen molar-refractivity contribution in [2.75, 3.05) is 37.7 Å². The highest BCUT2D eigenvalue weighted by Crippen LogP contribution is 2.35. The van der Waals surface area contributed by atoms with Crippen molar-refractivity contribution in [2.45, 2.75) is 51.1 Å². The SMILES string of the molecule is Cn1c(C2CCCN2Cc2ccc(N3CCOCC3)cc2)nc2c1CCCC2. The molecule has 5 nitrogen and oxygen atoms in total. The first-order chi connectivity index (χ1) is 13.8. The first-order valence-electron chi connectivity index (χ1n) is 11.0. The maximum atomic E-state index is 5.47. The molecular formula is C23H32N4O. The number of rotatable bonds is 4. The molecule has 1 unspecified atom stereocenters. The van der Waals surface area contributed by atoms with Crippen LogP contribution in [0.2, 0.25) is 0 Å². The Labute approximate surface area is 168 Å². The Balaban J connectivity index is 1.30. The molecule has 1 aliphatic carbocycles. The number of nitrogens with zero attached hydrogens (tertiary/aromatic N) is 4. The Hall–Kier alpha value is -1.85. The van der Waals surface area contributed by atoms with Gasteiger partial charge in [0.15, 0.2) is 0 Å². The van der Waals surface area contributed by atoms with Gasteiger partial charge in [-0.1, -0.05) is 12.1 Å². The Morgan fingerprint density at radius 1 is 1.00 bits per heavy atom. The molecule has 3 aliphatic rings. The number of morpholine rings is 1. The van der Waals surface area contributed by atoms with Crippen molar-refractivity contribution in [2.24, 2.45) is 7.05 Å². The second-order valence-corrected chi connectivity index (χ2v) is 8.52. The molecule has 0 spiro atoms. The zero-order valence-electron chi connectivity index (χ0n) is 17.1. The lowest BCUT2D eigenvalue weighted by atomic mass is 10.0. The van der Waals surface area contributed by atoms with Crippen molar-refractivity contribution in [3.63, 3.8) is 0 Å². The number of aryl methyl sites for hydroxylation is 1. The number of hydrogen-bond acceptors (Lipinski definition) is 4. The minimum atomic E-state index is 0.467. The molecular weight excluding hydrogens is 348 g/mol. The number of aromatic nitrogens is 2. The fraction of sp³-hybridized carbons (Fsp3) is 0.609. The Morgan fingerprint density at radius 3 is 2.57 bits per heavy atom. The average molecular weight is 381 g/mol. The number of benzene rings is 1. The molecule has 0 N–H and O–H groups in total. The van der Waals surface area contributed by atoms with Crippen LogP contribution in [0.5, 0.6) is 0 Å². The minimum absolute atomic E-state index is 0.467. The van der Waals surface area contributed by atoms with E-state index in [4.69, 9.17) is 9.72 Å². The van der Waals surface area contributed by atoms with E-state index >= 15 is 0 Å². The Morgan fingerprint density at radius 2 is 1.79 bits per heavy atom. The quantitative estimate of drug-likeness (QED) is 0.813. The van der Waals surface area contributed by atoms with Gasteiger partial charge in [0.1, 0.15) is 5.82 Å². The van der Waals surface area contributed by atoms with E-state index in [1.807, 2.05) is 0 Å². The maximum absolute atomic E-state index is 5.47. The molecule has 2 aromatic rings. The topological polar surface area (TPSA) is 33.5 Å². The summed E-state index contributed by atoms with van der Waals surface area (Å²) in [5, 5.41) is 0. The highest BCUT2D eigenvalue weighted by molar-refractivity contribution is 5.48. The van der Waals surface area contributed by atoms with Crippen molar-refractivity contribution in [1.82, 2.24) is 14.5 Å². The van der Waals surface area contributed by atoms with Crippen LogP contribution in [0.3, 0.4) is 0 Å². The van der Waals surface area contributed by atoms with Crippen LogP contribution in [0.25, 0.3) is 0 Å². The highest BCUT2D eigenvalue weighted by atomic mass is 16.5. The van der Waals surface area contributed by atoms with E-state index in [2.05, 4.69) is 45.7 Å². The number of imidazole rings is 1. The minimum Gasteiger partial charge on any atom is -0.378 e. The van der Waals surface area contributed by atoms with Gasteiger partial charge in [-0.3, -0.25) is 4.90 Å². The molecule has 0 saturated carbocycles. The van der Waals surface area contributed by atoms with Gasteiger partial charge in [0.25, 0.3) is 0 Å². The number of fused-ring (bicyclic) bond motifs is 1. The lowest BCUT2D eigenvalue weighted by Gasteiger charge is -2.29. The summed E-state index contributed by atoms with van der Waals surface area (Å²) in [6.07, 6.45) is 7.49. The molecule has 3 heterocycles. The van der Waals surface area contributed by atoms with Gasteiger partial charge < -0.3 is 14.2 Å². The highest BCUT2D eigenvalue weighted by Gasteiger charge is 2.31. The van der Waals surface area contributed by atoms with Gasteiger partial charge in [-0.05, 0) is 62.8 Å². The molecule has 2 saturated heterocycles. The van der Waals surface area contributed by atoms with Gasteiger partial charge in [-0.2, -0.15) is 0 Å². The van der Waals surface area contributed by atoms with E-state index < -0.39 is 0 Å². The first-order valence-corrected chi connectivity index (χ1v) is 11.0. The van der Waals surface area contributed by atoms with Crippen LogP contribution in [0, 0.1) is 0 Å². The smallest absolute Gasteiger partial charge is 0.126 e. The van der Waals surface area contributed by atoms with Gasteiger partial charge in [0.2, 0.25) is 0 Å². The average Bonchev–Trinajstić information content (AvgIpc) is 3.33. The van der Waals surface area contributed by atoms with Crippen molar-refractivity contribution in [1.29, 1.82) is 0 Å². The van der Waals surface area contributed by atoms with Gasteiger partial charge >= 0.3 is 0 Å². The monoisotopic (exact) mass is 380 g/mol. The Kier molecular flexibility index (Phi) is 5.12. The summed E-state index contributed by atoms with van der Waals surface area (Å²) >= 11 is 0. The molecule has 1 aromatic carbocycles. The molecule has 2 fully saturated rings. The standard InChI is InChI=1S/C23H32N4O/c1-25-21-6-3-2-5-20(21)24-23(25)22-7-4-12-27(22)17-18-8-10-19(11-9-18)26-13-15-28-16-14-26/h8-11,22H,2-7,12-17H2,1H3. The van der Waals surface area contributed by atoms with E-state index in [-0.39, 0.29) is 0 Å². The molecule has 0 radical (unpaired) electrons. The number of ether oxygens (including phenoxy) is 1. The van der Waals surface area contributed by atoms with Crippen molar-refractivity contribution < 1.29 is 4.74 Å². The number of hydrogen-bond donors (Lipinski definition) is 0.